The fourth-order valence-electron chi connectivity index (χ4n) is 2.42. The highest BCUT2D eigenvalue weighted by Gasteiger charge is 2.14. The maximum atomic E-state index is 9.14. The first-order valence-electron chi connectivity index (χ1n) is 7.79. The van der Waals surface area contributed by atoms with Crippen molar-refractivity contribution in [1.82, 2.24) is 15.0 Å². The van der Waals surface area contributed by atoms with Gasteiger partial charge in [0.05, 0.1) is 21.5 Å². The van der Waals surface area contributed by atoms with Gasteiger partial charge in [-0.25, -0.2) is 0 Å². The van der Waals surface area contributed by atoms with E-state index in [-0.39, 0.29) is 6.61 Å². The van der Waals surface area contributed by atoms with Crippen LogP contribution in [0.1, 0.15) is 17.9 Å². The summed E-state index contributed by atoms with van der Waals surface area (Å²) < 4.78 is 5.37. The number of rotatable bonds is 8. The van der Waals surface area contributed by atoms with E-state index in [2.05, 4.69) is 15.0 Å². The summed E-state index contributed by atoms with van der Waals surface area (Å²) in [5, 5.41) is 16.2. The Kier molecular flexibility index (Phi) is 6.45. The molecule has 0 aliphatic carbocycles. The zero-order valence-corrected chi connectivity index (χ0v) is 15.7. The van der Waals surface area contributed by atoms with Gasteiger partial charge in [0, 0.05) is 19.7 Å². The van der Waals surface area contributed by atoms with Gasteiger partial charge in [0.2, 0.25) is 11.7 Å². The first-order chi connectivity index (χ1) is 12.2. The minimum absolute atomic E-state index is 0.127. The average molecular weight is 398 g/mol. The van der Waals surface area contributed by atoms with Crippen LogP contribution >= 0.6 is 34.5 Å². The van der Waals surface area contributed by atoms with E-state index in [9.17, 15) is 0 Å². The van der Waals surface area contributed by atoms with Gasteiger partial charge in [-0.15, -0.1) is 11.3 Å². The molecule has 5 nitrogen and oxygen atoms in total. The molecule has 2 aromatic heterocycles. The predicted molar refractivity (Wildman–Crippen MR) is 99.9 cm³/mol. The molecule has 132 valence electrons. The molecule has 0 atom stereocenters. The second-order valence-corrected chi connectivity index (χ2v) is 7.29. The van der Waals surface area contributed by atoms with Gasteiger partial charge in [-0.1, -0.05) is 40.5 Å². The van der Waals surface area contributed by atoms with Crippen LogP contribution in [0.25, 0.3) is 10.7 Å². The third-order valence-electron chi connectivity index (χ3n) is 3.59. The Bertz CT molecular complexity index is 808. The summed E-state index contributed by atoms with van der Waals surface area (Å²) in [5.41, 5.74) is 1.03. The molecule has 1 N–H and O–H groups in total. The summed E-state index contributed by atoms with van der Waals surface area (Å²) in [6.45, 7) is 1.97. The van der Waals surface area contributed by atoms with Gasteiger partial charge in [-0.2, -0.15) is 4.98 Å². The molecule has 0 radical (unpaired) electrons. The molecule has 1 aromatic carbocycles. The number of hydrogen-bond donors (Lipinski definition) is 1. The zero-order chi connectivity index (χ0) is 17.6. The van der Waals surface area contributed by atoms with Crippen LogP contribution in [-0.2, 0) is 13.1 Å². The topological polar surface area (TPSA) is 62.4 Å². The second-order valence-electron chi connectivity index (χ2n) is 5.53. The first kappa shape index (κ1) is 18.4. The maximum absolute atomic E-state index is 9.14. The summed E-state index contributed by atoms with van der Waals surface area (Å²) in [6.07, 6.45) is 0.660. The standard InChI is InChI=1S/C17H17Cl2N3O2S/c18-13-5-4-12(9-14(13)19)10-22(6-2-7-23)11-16-20-17(21-24-16)15-3-1-8-25-15/h1,3-5,8-9,23H,2,6-7,10-11H2. The lowest BCUT2D eigenvalue weighted by Gasteiger charge is -2.20. The largest absolute Gasteiger partial charge is 0.396 e. The van der Waals surface area contributed by atoms with Crippen molar-refractivity contribution in [2.75, 3.05) is 13.2 Å². The number of hydrogen-bond acceptors (Lipinski definition) is 6. The van der Waals surface area contributed by atoms with Crippen LogP contribution in [-0.4, -0.2) is 33.3 Å². The molecule has 0 aliphatic rings. The van der Waals surface area contributed by atoms with Gasteiger partial charge >= 0.3 is 0 Å². The van der Waals surface area contributed by atoms with Crippen molar-refractivity contribution in [2.24, 2.45) is 0 Å². The Balaban J connectivity index is 1.71. The molecule has 0 saturated carbocycles. The lowest BCUT2D eigenvalue weighted by atomic mass is 10.2. The van der Waals surface area contributed by atoms with Gasteiger partial charge in [-0.05, 0) is 35.6 Å². The number of aliphatic hydroxyl groups is 1. The van der Waals surface area contributed by atoms with E-state index in [0.29, 0.717) is 47.8 Å². The van der Waals surface area contributed by atoms with E-state index in [1.54, 1.807) is 17.4 Å². The number of halogens is 2. The van der Waals surface area contributed by atoms with Crippen molar-refractivity contribution < 1.29 is 9.63 Å². The van der Waals surface area contributed by atoms with Crippen LogP contribution in [0.15, 0.2) is 40.2 Å². The van der Waals surface area contributed by atoms with Crippen LogP contribution in [0, 0.1) is 0 Å². The van der Waals surface area contributed by atoms with E-state index in [1.165, 1.54) is 0 Å². The molecule has 0 fully saturated rings. The summed E-state index contributed by atoms with van der Waals surface area (Å²) in [5.74, 6) is 1.14. The molecule has 0 unspecified atom stereocenters. The number of benzene rings is 1. The number of nitrogens with zero attached hydrogens (tertiary/aromatic N) is 3. The number of thiophene rings is 1. The second kappa shape index (κ2) is 8.78. The minimum atomic E-state index is 0.127. The smallest absolute Gasteiger partial charge is 0.241 e. The molecule has 3 rings (SSSR count). The van der Waals surface area contributed by atoms with Gasteiger partial charge in [0.1, 0.15) is 0 Å². The number of aromatic nitrogens is 2. The fourth-order valence-corrected chi connectivity index (χ4v) is 3.39. The summed E-state index contributed by atoms with van der Waals surface area (Å²) in [6, 6.07) is 9.48. The minimum Gasteiger partial charge on any atom is -0.396 e. The van der Waals surface area contributed by atoms with Gasteiger partial charge in [0.25, 0.3) is 0 Å². The third-order valence-corrected chi connectivity index (χ3v) is 5.20. The first-order valence-corrected chi connectivity index (χ1v) is 9.43. The average Bonchev–Trinajstić information content (AvgIpc) is 3.27. The highest BCUT2D eigenvalue weighted by atomic mass is 35.5. The van der Waals surface area contributed by atoms with E-state index in [0.717, 1.165) is 10.4 Å². The molecule has 8 heteroatoms. The summed E-state index contributed by atoms with van der Waals surface area (Å²) in [7, 11) is 0. The van der Waals surface area contributed by atoms with Gasteiger partial charge < -0.3 is 9.63 Å². The summed E-state index contributed by atoms with van der Waals surface area (Å²) >= 11 is 13.6. The molecule has 0 spiro atoms. The predicted octanol–water partition coefficient (Wildman–Crippen LogP) is 4.49. The SMILES string of the molecule is OCCCN(Cc1ccc(Cl)c(Cl)c1)Cc1nc(-c2cccs2)no1. The highest BCUT2D eigenvalue weighted by molar-refractivity contribution is 7.13. The van der Waals surface area contributed by atoms with E-state index in [4.69, 9.17) is 32.8 Å². The quantitative estimate of drug-likeness (QED) is 0.606. The molecule has 3 aromatic rings. The summed E-state index contributed by atoms with van der Waals surface area (Å²) in [4.78, 5) is 7.56. The van der Waals surface area contributed by atoms with Crippen LogP contribution in [0.4, 0.5) is 0 Å². The van der Waals surface area contributed by atoms with Crippen molar-refractivity contribution in [3.8, 4) is 10.7 Å². The highest BCUT2D eigenvalue weighted by Crippen LogP contribution is 2.24. The molecule has 0 aliphatic heterocycles. The maximum Gasteiger partial charge on any atom is 0.241 e. The fraction of sp³-hybridized carbons (Fsp3) is 0.294. The van der Waals surface area contributed by atoms with Crippen LogP contribution < -0.4 is 0 Å². The van der Waals surface area contributed by atoms with E-state index >= 15 is 0 Å². The van der Waals surface area contributed by atoms with E-state index in [1.807, 2.05) is 29.6 Å². The molecule has 25 heavy (non-hydrogen) atoms. The molecule has 0 amide bonds. The Labute approximate surface area is 159 Å². The van der Waals surface area contributed by atoms with E-state index < -0.39 is 0 Å². The van der Waals surface area contributed by atoms with Crippen molar-refractivity contribution >= 4 is 34.5 Å². The molecule has 0 saturated heterocycles. The third kappa shape index (κ3) is 5.03. The lowest BCUT2D eigenvalue weighted by Crippen LogP contribution is -2.25. The van der Waals surface area contributed by atoms with Gasteiger partial charge in [0.15, 0.2) is 0 Å². The van der Waals surface area contributed by atoms with Crippen molar-refractivity contribution in [1.29, 1.82) is 0 Å². The van der Waals surface area contributed by atoms with Crippen molar-refractivity contribution in [3.63, 3.8) is 0 Å². The Morgan fingerprint density at radius 3 is 2.76 bits per heavy atom. The number of aliphatic hydroxyl groups excluding tert-OH is 1. The van der Waals surface area contributed by atoms with Crippen LogP contribution in [0.5, 0.6) is 0 Å². The zero-order valence-electron chi connectivity index (χ0n) is 13.4. The lowest BCUT2D eigenvalue weighted by molar-refractivity contribution is 0.192. The Morgan fingerprint density at radius 2 is 2.04 bits per heavy atom. The Hall–Kier alpha value is -1.44. The van der Waals surface area contributed by atoms with Crippen molar-refractivity contribution in [3.05, 3.63) is 57.2 Å². The molecule has 2 heterocycles. The van der Waals surface area contributed by atoms with Gasteiger partial charge in [-0.3, -0.25) is 4.90 Å². The molecular weight excluding hydrogens is 381 g/mol. The normalized spacial score (nSPS) is 11.4. The van der Waals surface area contributed by atoms with Crippen LogP contribution in [0.2, 0.25) is 10.0 Å². The monoisotopic (exact) mass is 397 g/mol. The van der Waals surface area contributed by atoms with Crippen LogP contribution in [0.3, 0.4) is 0 Å². The molecular formula is C17H17Cl2N3O2S. The molecule has 0 bridgehead atoms. The Morgan fingerprint density at radius 1 is 1.16 bits per heavy atom. The van der Waals surface area contributed by atoms with Crippen molar-refractivity contribution in [2.45, 2.75) is 19.5 Å².